The number of aromatic hydroxyl groups is 1. The number of nitrogens with two attached hydrogens (primary N) is 1. The number of nitrogens with zero attached hydrogens (tertiary/aromatic N) is 2. The summed E-state index contributed by atoms with van der Waals surface area (Å²) in [7, 11) is 2.12. The number of benzene rings is 1. The van der Waals surface area contributed by atoms with Gasteiger partial charge in [0.25, 0.3) is 0 Å². The molecule has 0 aliphatic carbocycles. The molecule has 0 radical (unpaired) electrons. The van der Waals surface area contributed by atoms with Gasteiger partial charge >= 0.3 is 0 Å². The van der Waals surface area contributed by atoms with Crippen LogP contribution >= 0.6 is 0 Å². The molecular formula is C14H23N3O2. The SMILES string of the molecule is CN1CCN(Cc2cc([C@@H](N)CO)ccc2O)CC1. The molecule has 1 aliphatic heterocycles. The Bertz CT molecular complexity index is 417. The number of aliphatic hydroxyl groups is 1. The molecule has 1 atom stereocenters. The normalized spacial score (nSPS) is 19.5. The van der Waals surface area contributed by atoms with Crippen molar-refractivity contribution < 1.29 is 10.2 Å². The van der Waals surface area contributed by atoms with Crippen LogP contribution in [0, 0.1) is 0 Å². The molecule has 1 aromatic rings. The summed E-state index contributed by atoms with van der Waals surface area (Å²) in [5.41, 5.74) is 7.56. The summed E-state index contributed by atoms with van der Waals surface area (Å²) in [6.45, 7) is 4.76. The maximum Gasteiger partial charge on any atom is 0.120 e. The van der Waals surface area contributed by atoms with Gasteiger partial charge in [-0.3, -0.25) is 4.90 Å². The van der Waals surface area contributed by atoms with Gasteiger partial charge in [-0.05, 0) is 24.7 Å². The molecule has 0 amide bonds. The van der Waals surface area contributed by atoms with Crippen LogP contribution in [0.3, 0.4) is 0 Å². The van der Waals surface area contributed by atoms with Gasteiger partial charge in [0.2, 0.25) is 0 Å². The van der Waals surface area contributed by atoms with Crippen molar-refractivity contribution in [2.75, 3.05) is 39.8 Å². The van der Waals surface area contributed by atoms with Gasteiger partial charge in [0.05, 0.1) is 12.6 Å². The second kappa shape index (κ2) is 6.34. The highest BCUT2D eigenvalue weighted by molar-refractivity contribution is 5.37. The zero-order valence-corrected chi connectivity index (χ0v) is 11.4. The van der Waals surface area contributed by atoms with Crippen molar-refractivity contribution in [3.05, 3.63) is 29.3 Å². The Hall–Kier alpha value is -1.14. The fourth-order valence-corrected chi connectivity index (χ4v) is 2.32. The molecule has 5 nitrogen and oxygen atoms in total. The van der Waals surface area contributed by atoms with Gasteiger partial charge < -0.3 is 20.8 Å². The minimum Gasteiger partial charge on any atom is -0.508 e. The van der Waals surface area contributed by atoms with E-state index in [1.54, 1.807) is 12.1 Å². The number of rotatable bonds is 4. The highest BCUT2D eigenvalue weighted by atomic mass is 16.3. The summed E-state index contributed by atoms with van der Waals surface area (Å²) in [4.78, 5) is 4.62. The van der Waals surface area contributed by atoms with E-state index in [1.165, 1.54) is 0 Å². The molecule has 2 rings (SSSR count). The van der Waals surface area contributed by atoms with Gasteiger partial charge in [-0.25, -0.2) is 0 Å². The summed E-state index contributed by atoms with van der Waals surface area (Å²) < 4.78 is 0. The highest BCUT2D eigenvalue weighted by Crippen LogP contribution is 2.23. The third-order valence-corrected chi connectivity index (χ3v) is 3.72. The van der Waals surface area contributed by atoms with Crippen LogP contribution in [0.5, 0.6) is 5.75 Å². The zero-order chi connectivity index (χ0) is 13.8. The Labute approximate surface area is 114 Å². The lowest BCUT2D eigenvalue weighted by Gasteiger charge is -2.32. The van der Waals surface area contributed by atoms with Crippen molar-refractivity contribution in [2.45, 2.75) is 12.6 Å². The Morgan fingerprint density at radius 3 is 2.58 bits per heavy atom. The first-order chi connectivity index (χ1) is 9.10. The molecule has 19 heavy (non-hydrogen) atoms. The third kappa shape index (κ3) is 3.67. The monoisotopic (exact) mass is 265 g/mol. The topological polar surface area (TPSA) is 73.0 Å². The van der Waals surface area contributed by atoms with Gasteiger partial charge in [0.1, 0.15) is 5.75 Å². The van der Waals surface area contributed by atoms with Crippen LogP contribution < -0.4 is 5.73 Å². The standard InChI is InChI=1S/C14H23N3O2/c1-16-4-6-17(7-5-16)9-12-8-11(13(15)10-18)2-3-14(12)19/h2-3,8,13,18-19H,4-7,9-10,15H2,1H3/t13-/m0/s1. The fraction of sp³-hybridized carbons (Fsp3) is 0.571. The molecule has 0 saturated carbocycles. The van der Waals surface area contributed by atoms with E-state index < -0.39 is 0 Å². The Kier molecular flexibility index (Phi) is 4.76. The molecule has 1 heterocycles. The largest absolute Gasteiger partial charge is 0.508 e. The average Bonchev–Trinajstić information content (AvgIpc) is 2.43. The molecule has 4 N–H and O–H groups in total. The van der Waals surface area contributed by atoms with Crippen LogP contribution in [0.15, 0.2) is 18.2 Å². The van der Waals surface area contributed by atoms with Gasteiger partial charge in [-0.1, -0.05) is 6.07 Å². The lowest BCUT2D eigenvalue weighted by molar-refractivity contribution is 0.147. The molecule has 0 aromatic heterocycles. The summed E-state index contributed by atoms with van der Waals surface area (Å²) >= 11 is 0. The summed E-state index contributed by atoms with van der Waals surface area (Å²) in [6.07, 6.45) is 0. The van der Waals surface area contributed by atoms with Gasteiger partial charge in [-0.15, -0.1) is 0 Å². The first-order valence-electron chi connectivity index (χ1n) is 6.69. The quantitative estimate of drug-likeness (QED) is 0.722. The smallest absolute Gasteiger partial charge is 0.120 e. The number of aliphatic hydroxyl groups excluding tert-OH is 1. The van der Waals surface area contributed by atoms with E-state index in [1.807, 2.05) is 6.07 Å². The fourth-order valence-electron chi connectivity index (χ4n) is 2.32. The Balaban J connectivity index is 2.06. The third-order valence-electron chi connectivity index (χ3n) is 3.72. The Morgan fingerprint density at radius 1 is 1.26 bits per heavy atom. The van der Waals surface area contributed by atoms with Crippen LogP contribution in [-0.4, -0.2) is 59.8 Å². The van der Waals surface area contributed by atoms with Crippen LogP contribution in [0.25, 0.3) is 0 Å². The van der Waals surface area contributed by atoms with Crippen molar-refractivity contribution >= 4 is 0 Å². The van der Waals surface area contributed by atoms with E-state index in [-0.39, 0.29) is 12.6 Å². The summed E-state index contributed by atoms with van der Waals surface area (Å²) in [5, 5.41) is 19.0. The van der Waals surface area contributed by atoms with Crippen molar-refractivity contribution in [3.8, 4) is 5.75 Å². The van der Waals surface area contributed by atoms with Crippen molar-refractivity contribution in [1.82, 2.24) is 9.80 Å². The maximum atomic E-state index is 9.93. The van der Waals surface area contributed by atoms with E-state index in [0.29, 0.717) is 5.75 Å². The molecule has 1 aromatic carbocycles. The number of phenols is 1. The van der Waals surface area contributed by atoms with Crippen LogP contribution in [0.2, 0.25) is 0 Å². The molecule has 1 aliphatic rings. The Morgan fingerprint density at radius 2 is 1.95 bits per heavy atom. The van der Waals surface area contributed by atoms with E-state index in [4.69, 9.17) is 10.8 Å². The minimum atomic E-state index is -0.383. The molecular weight excluding hydrogens is 242 g/mol. The molecule has 106 valence electrons. The molecule has 0 spiro atoms. The van der Waals surface area contributed by atoms with E-state index in [9.17, 15) is 5.11 Å². The van der Waals surface area contributed by atoms with Gasteiger partial charge in [0, 0.05) is 38.3 Å². The molecule has 1 saturated heterocycles. The van der Waals surface area contributed by atoms with E-state index in [0.717, 1.165) is 43.9 Å². The predicted octanol–water partition coefficient (Wildman–Crippen LogP) is 0.132. The average molecular weight is 265 g/mol. The first-order valence-corrected chi connectivity index (χ1v) is 6.69. The van der Waals surface area contributed by atoms with Crippen LogP contribution in [0.1, 0.15) is 17.2 Å². The molecule has 0 unspecified atom stereocenters. The molecule has 1 fully saturated rings. The van der Waals surface area contributed by atoms with Gasteiger partial charge in [0.15, 0.2) is 0 Å². The van der Waals surface area contributed by atoms with E-state index >= 15 is 0 Å². The lowest BCUT2D eigenvalue weighted by Crippen LogP contribution is -2.43. The van der Waals surface area contributed by atoms with Crippen molar-refractivity contribution in [1.29, 1.82) is 0 Å². The second-order valence-corrected chi connectivity index (χ2v) is 5.26. The van der Waals surface area contributed by atoms with Crippen LogP contribution in [0.4, 0.5) is 0 Å². The number of likely N-dealkylation sites (N-methyl/N-ethyl adjacent to an activating group) is 1. The number of piperazine rings is 1. The number of hydrogen-bond acceptors (Lipinski definition) is 5. The molecule has 5 heteroatoms. The second-order valence-electron chi connectivity index (χ2n) is 5.26. The van der Waals surface area contributed by atoms with Gasteiger partial charge in [-0.2, -0.15) is 0 Å². The zero-order valence-electron chi connectivity index (χ0n) is 11.4. The van der Waals surface area contributed by atoms with Crippen molar-refractivity contribution in [2.24, 2.45) is 5.73 Å². The first kappa shape index (κ1) is 14.3. The predicted molar refractivity (Wildman–Crippen MR) is 74.9 cm³/mol. The number of hydrogen-bond donors (Lipinski definition) is 3. The molecule has 0 bridgehead atoms. The van der Waals surface area contributed by atoms with E-state index in [2.05, 4.69) is 16.8 Å². The summed E-state index contributed by atoms with van der Waals surface area (Å²) in [5.74, 6) is 0.299. The summed E-state index contributed by atoms with van der Waals surface area (Å²) in [6, 6.07) is 4.95. The van der Waals surface area contributed by atoms with Crippen LogP contribution in [-0.2, 0) is 6.54 Å². The lowest BCUT2D eigenvalue weighted by atomic mass is 10.0. The van der Waals surface area contributed by atoms with Crippen molar-refractivity contribution in [3.63, 3.8) is 0 Å². The minimum absolute atomic E-state index is 0.0846. The number of phenolic OH excluding ortho intramolecular Hbond substituents is 1. The maximum absolute atomic E-state index is 9.93. The highest BCUT2D eigenvalue weighted by Gasteiger charge is 2.16.